The van der Waals surface area contributed by atoms with E-state index >= 15 is 0 Å². The van der Waals surface area contributed by atoms with Gasteiger partial charge in [-0.05, 0) is 42.4 Å². The van der Waals surface area contributed by atoms with E-state index in [2.05, 4.69) is 23.3 Å². The van der Waals surface area contributed by atoms with Gasteiger partial charge in [0.05, 0.1) is 12.2 Å². The molecule has 2 aromatic rings. The molecule has 3 nitrogen and oxygen atoms in total. The van der Waals surface area contributed by atoms with E-state index in [0.717, 1.165) is 24.5 Å². The summed E-state index contributed by atoms with van der Waals surface area (Å²) in [5.41, 5.74) is 3.15. The molecule has 0 amide bonds. The van der Waals surface area contributed by atoms with Gasteiger partial charge in [-0.15, -0.1) is 0 Å². The Kier molecular flexibility index (Phi) is 5.07. The smallest absolute Gasteiger partial charge is 0.123 e. The van der Waals surface area contributed by atoms with Gasteiger partial charge in [0.25, 0.3) is 0 Å². The number of nitrogens with one attached hydrogen (secondary N) is 1. The number of halogens is 1. The molecule has 4 heteroatoms. The van der Waals surface area contributed by atoms with Crippen LogP contribution in [0.4, 0.5) is 10.1 Å². The lowest BCUT2D eigenvalue weighted by molar-refractivity contribution is 0.627. The summed E-state index contributed by atoms with van der Waals surface area (Å²) in [4.78, 5) is 6.51. The van der Waals surface area contributed by atoms with E-state index in [9.17, 15) is 4.39 Å². The van der Waals surface area contributed by atoms with Crippen molar-refractivity contribution in [2.45, 2.75) is 20.0 Å². The fourth-order valence-electron chi connectivity index (χ4n) is 1.95. The molecule has 1 N–H and O–H groups in total. The number of hydrogen-bond acceptors (Lipinski definition) is 3. The highest BCUT2D eigenvalue weighted by molar-refractivity contribution is 5.45. The Hall–Kier alpha value is -1.94. The number of rotatable bonds is 6. The summed E-state index contributed by atoms with van der Waals surface area (Å²) in [5, 5.41) is 3.27. The molecule has 0 saturated carbocycles. The van der Waals surface area contributed by atoms with Crippen molar-refractivity contribution in [3.63, 3.8) is 0 Å². The molecule has 0 fully saturated rings. The molecule has 1 aromatic heterocycles. The number of anilines is 1. The third kappa shape index (κ3) is 4.03. The van der Waals surface area contributed by atoms with Crippen molar-refractivity contribution in [1.82, 2.24) is 10.3 Å². The second-order valence-electron chi connectivity index (χ2n) is 4.77. The molecule has 0 unspecified atom stereocenters. The van der Waals surface area contributed by atoms with Gasteiger partial charge in [0.1, 0.15) is 5.82 Å². The lowest BCUT2D eigenvalue weighted by Crippen LogP contribution is -2.17. The van der Waals surface area contributed by atoms with Gasteiger partial charge < -0.3 is 10.2 Å². The largest absolute Gasteiger partial charge is 0.369 e. The first kappa shape index (κ1) is 14.5. The first-order valence-corrected chi connectivity index (χ1v) is 6.80. The van der Waals surface area contributed by atoms with Crippen LogP contribution < -0.4 is 10.2 Å². The van der Waals surface area contributed by atoms with Crippen molar-refractivity contribution in [2.75, 3.05) is 18.5 Å². The quantitative estimate of drug-likeness (QED) is 0.877. The molecule has 0 spiro atoms. The standard InChI is InChI=1S/C16H20FN3/c1-3-18-10-13-4-7-15(19-11-13)12-20(2)16-8-5-14(17)6-9-16/h4-9,11,18H,3,10,12H2,1-2H3. The van der Waals surface area contributed by atoms with Crippen LogP contribution in [-0.2, 0) is 13.1 Å². The van der Waals surface area contributed by atoms with Crippen molar-refractivity contribution in [3.8, 4) is 0 Å². The van der Waals surface area contributed by atoms with Crippen LogP contribution in [0.25, 0.3) is 0 Å². The highest BCUT2D eigenvalue weighted by Crippen LogP contribution is 2.15. The Morgan fingerprint density at radius 1 is 1.15 bits per heavy atom. The lowest BCUT2D eigenvalue weighted by atomic mass is 10.2. The van der Waals surface area contributed by atoms with Gasteiger partial charge in [0.15, 0.2) is 0 Å². The SMILES string of the molecule is CCNCc1ccc(CN(C)c2ccc(F)cc2)nc1. The highest BCUT2D eigenvalue weighted by atomic mass is 19.1. The van der Waals surface area contributed by atoms with E-state index in [1.54, 1.807) is 12.1 Å². The fraction of sp³-hybridized carbons (Fsp3) is 0.312. The maximum absolute atomic E-state index is 12.9. The van der Waals surface area contributed by atoms with Crippen LogP contribution in [0.15, 0.2) is 42.6 Å². The van der Waals surface area contributed by atoms with Crippen molar-refractivity contribution < 1.29 is 4.39 Å². The summed E-state index contributed by atoms with van der Waals surface area (Å²) in [7, 11) is 1.97. The number of pyridine rings is 1. The predicted octanol–water partition coefficient (Wildman–Crippen LogP) is 2.97. The van der Waals surface area contributed by atoms with Crippen molar-refractivity contribution >= 4 is 5.69 Å². The maximum atomic E-state index is 12.9. The minimum atomic E-state index is -0.215. The van der Waals surface area contributed by atoms with Crippen LogP contribution in [0.1, 0.15) is 18.2 Å². The van der Waals surface area contributed by atoms with Crippen LogP contribution in [0.3, 0.4) is 0 Å². The fourth-order valence-corrected chi connectivity index (χ4v) is 1.95. The monoisotopic (exact) mass is 273 g/mol. The summed E-state index contributed by atoms with van der Waals surface area (Å²) < 4.78 is 12.9. The lowest BCUT2D eigenvalue weighted by Gasteiger charge is -2.18. The summed E-state index contributed by atoms with van der Waals surface area (Å²) >= 11 is 0. The molecular weight excluding hydrogens is 253 g/mol. The number of hydrogen-bond donors (Lipinski definition) is 1. The van der Waals surface area contributed by atoms with Crippen molar-refractivity contribution in [1.29, 1.82) is 0 Å². The molecule has 0 aliphatic carbocycles. The molecular formula is C16H20FN3. The topological polar surface area (TPSA) is 28.2 Å². The van der Waals surface area contributed by atoms with Gasteiger partial charge in [-0.1, -0.05) is 13.0 Å². The average Bonchev–Trinajstić information content (AvgIpc) is 2.47. The van der Waals surface area contributed by atoms with Crippen LogP contribution in [0, 0.1) is 5.82 Å². The van der Waals surface area contributed by atoms with Crippen LogP contribution in [0.5, 0.6) is 0 Å². The Morgan fingerprint density at radius 2 is 1.90 bits per heavy atom. The van der Waals surface area contributed by atoms with Gasteiger partial charge in [-0.2, -0.15) is 0 Å². The predicted molar refractivity (Wildman–Crippen MR) is 80.1 cm³/mol. The number of aromatic nitrogens is 1. The van der Waals surface area contributed by atoms with Gasteiger partial charge in [0.2, 0.25) is 0 Å². The first-order chi connectivity index (χ1) is 9.69. The second kappa shape index (κ2) is 7.01. The highest BCUT2D eigenvalue weighted by Gasteiger charge is 2.03. The minimum Gasteiger partial charge on any atom is -0.369 e. The molecule has 1 aromatic carbocycles. The Bertz CT molecular complexity index is 522. The molecule has 2 rings (SSSR count). The van der Waals surface area contributed by atoms with E-state index in [0.29, 0.717) is 6.54 Å². The summed E-state index contributed by atoms with van der Waals surface area (Å²) in [6.45, 7) is 4.58. The van der Waals surface area contributed by atoms with Crippen LogP contribution >= 0.6 is 0 Å². The summed E-state index contributed by atoms with van der Waals surface area (Å²) in [6, 6.07) is 10.6. The van der Waals surface area contributed by atoms with E-state index < -0.39 is 0 Å². The van der Waals surface area contributed by atoms with E-state index in [1.165, 1.54) is 17.7 Å². The minimum absolute atomic E-state index is 0.215. The van der Waals surface area contributed by atoms with Crippen molar-refractivity contribution in [2.24, 2.45) is 0 Å². The van der Waals surface area contributed by atoms with Crippen LogP contribution in [0.2, 0.25) is 0 Å². The van der Waals surface area contributed by atoms with Crippen LogP contribution in [-0.4, -0.2) is 18.6 Å². The molecule has 0 atom stereocenters. The van der Waals surface area contributed by atoms with Gasteiger partial charge in [0, 0.05) is 25.5 Å². The first-order valence-electron chi connectivity index (χ1n) is 6.80. The van der Waals surface area contributed by atoms with E-state index in [-0.39, 0.29) is 5.82 Å². The second-order valence-corrected chi connectivity index (χ2v) is 4.77. The molecule has 20 heavy (non-hydrogen) atoms. The van der Waals surface area contributed by atoms with Gasteiger partial charge >= 0.3 is 0 Å². The Labute approximate surface area is 119 Å². The molecule has 0 saturated heterocycles. The molecule has 0 radical (unpaired) electrons. The summed E-state index contributed by atoms with van der Waals surface area (Å²) in [6.07, 6.45) is 1.90. The summed E-state index contributed by atoms with van der Waals surface area (Å²) in [5.74, 6) is -0.215. The average molecular weight is 273 g/mol. The van der Waals surface area contributed by atoms with E-state index in [1.807, 2.05) is 24.2 Å². The molecule has 1 heterocycles. The van der Waals surface area contributed by atoms with E-state index in [4.69, 9.17) is 0 Å². The third-order valence-corrected chi connectivity index (χ3v) is 3.13. The Morgan fingerprint density at radius 3 is 2.50 bits per heavy atom. The normalized spacial score (nSPS) is 10.6. The van der Waals surface area contributed by atoms with Gasteiger partial charge in [-0.25, -0.2) is 4.39 Å². The zero-order chi connectivity index (χ0) is 14.4. The molecule has 106 valence electrons. The molecule has 0 aliphatic rings. The van der Waals surface area contributed by atoms with Gasteiger partial charge in [-0.3, -0.25) is 4.98 Å². The third-order valence-electron chi connectivity index (χ3n) is 3.13. The maximum Gasteiger partial charge on any atom is 0.123 e. The Balaban J connectivity index is 1.97. The van der Waals surface area contributed by atoms with Crippen molar-refractivity contribution in [3.05, 3.63) is 59.7 Å². The zero-order valence-electron chi connectivity index (χ0n) is 11.9. The molecule has 0 bridgehead atoms. The molecule has 0 aliphatic heterocycles. The number of nitrogens with zero attached hydrogens (tertiary/aromatic N) is 2. The number of benzene rings is 1. The zero-order valence-corrected chi connectivity index (χ0v) is 11.9.